The van der Waals surface area contributed by atoms with Crippen molar-refractivity contribution in [3.63, 3.8) is 0 Å². The van der Waals surface area contributed by atoms with Crippen LogP contribution in [0.1, 0.15) is 49.6 Å². The average molecular weight is 523 g/mol. The van der Waals surface area contributed by atoms with Crippen LogP contribution in [0.2, 0.25) is 0 Å². The van der Waals surface area contributed by atoms with Crippen molar-refractivity contribution < 1.29 is 22.8 Å². The highest BCUT2D eigenvalue weighted by Crippen LogP contribution is 2.33. The van der Waals surface area contributed by atoms with Crippen molar-refractivity contribution >= 4 is 28.7 Å². The second kappa shape index (κ2) is 10.4. The quantitative estimate of drug-likeness (QED) is 0.339. The number of benzene rings is 2. The number of nitrogens with zero attached hydrogens (tertiary/aromatic N) is 3. The maximum Gasteiger partial charge on any atom is 0.416 e. The second-order valence-corrected chi connectivity index (χ2v) is 9.53. The van der Waals surface area contributed by atoms with Crippen molar-refractivity contribution in [3.8, 4) is 17.5 Å². The molecular formula is C27H21F3N4O2S. The number of aryl methyl sites for hydroxylation is 2. The molecule has 0 spiro atoms. The summed E-state index contributed by atoms with van der Waals surface area (Å²) in [5.41, 5.74) is 1.63. The van der Waals surface area contributed by atoms with Gasteiger partial charge in [0, 0.05) is 28.7 Å². The number of carbonyl (C=O) groups excluding carboxylic acids is 2. The molecule has 2 aromatic heterocycles. The lowest BCUT2D eigenvalue weighted by molar-refractivity contribution is -0.137. The monoisotopic (exact) mass is 522 g/mol. The van der Waals surface area contributed by atoms with E-state index in [1.54, 1.807) is 37.5 Å². The van der Waals surface area contributed by atoms with Gasteiger partial charge in [0.1, 0.15) is 10.8 Å². The summed E-state index contributed by atoms with van der Waals surface area (Å²) >= 11 is 1.32. The van der Waals surface area contributed by atoms with E-state index >= 15 is 0 Å². The largest absolute Gasteiger partial charge is 0.416 e. The van der Waals surface area contributed by atoms with E-state index in [4.69, 9.17) is 0 Å². The van der Waals surface area contributed by atoms with Crippen LogP contribution in [0.5, 0.6) is 0 Å². The van der Waals surface area contributed by atoms with Crippen LogP contribution in [0.3, 0.4) is 0 Å². The molecule has 37 heavy (non-hydrogen) atoms. The first kappa shape index (κ1) is 25.9. The Morgan fingerprint density at radius 2 is 1.86 bits per heavy atom. The van der Waals surface area contributed by atoms with Crippen LogP contribution in [-0.4, -0.2) is 26.2 Å². The van der Waals surface area contributed by atoms with Crippen molar-refractivity contribution in [1.82, 2.24) is 14.5 Å². The number of rotatable bonds is 5. The number of thiazole rings is 1. The molecule has 0 aliphatic heterocycles. The van der Waals surface area contributed by atoms with E-state index in [2.05, 4.69) is 27.1 Å². The number of halogens is 3. The number of aromatic nitrogens is 3. The van der Waals surface area contributed by atoms with Crippen molar-refractivity contribution in [3.05, 3.63) is 93.0 Å². The van der Waals surface area contributed by atoms with E-state index in [0.29, 0.717) is 21.1 Å². The Labute approximate surface area is 215 Å². The van der Waals surface area contributed by atoms with Gasteiger partial charge in [-0.25, -0.2) is 9.97 Å². The molecule has 10 heteroatoms. The molecular weight excluding hydrogens is 501 g/mol. The molecule has 4 rings (SSSR count). The van der Waals surface area contributed by atoms with E-state index in [1.165, 1.54) is 35.2 Å². The molecule has 0 saturated heterocycles. The lowest BCUT2D eigenvalue weighted by atomic mass is 10.0. The Kier molecular flexibility index (Phi) is 7.27. The first-order valence-electron chi connectivity index (χ1n) is 11.1. The van der Waals surface area contributed by atoms with Gasteiger partial charge in [-0.05, 0) is 62.6 Å². The molecule has 0 fully saturated rings. The Morgan fingerprint density at radius 3 is 2.54 bits per heavy atom. The predicted octanol–water partition coefficient (Wildman–Crippen LogP) is 5.75. The van der Waals surface area contributed by atoms with Crippen LogP contribution >= 0.6 is 11.3 Å². The molecule has 2 aromatic carbocycles. The van der Waals surface area contributed by atoms with Gasteiger partial charge in [-0.15, -0.1) is 11.3 Å². The van der Waals surface area contributed by atoms with Crippen LogP contribution < -0.4 is 5.32 Å². The van der Waals surface area contributed by atoms with E-state index in [1.807, 2.05) is 6.92 Å². The molecule has 2 heterocycles. The van der Waals surface area contributed by atoms with Crippen molar-refractivity contribution in [2.45, 2.75) is 33.4 Å². The van der Waals surface area contributed by atoms with Crippen LogP contribution in [0.25, 0.3) is 5.69 Å². The fourth-order valence-electron chi connectivity index (χ4n) is 3.45. The number of hydrogen-bond donors (Lipinski definition) is 1. The summed E-state index contributed by atoms with van der Waals surface area (Å²) in [4.78, 5) is 33.2. The number of carbonyl (C=O) groups is 2. The Balaban J connectivity index is 1.60. The SMILES string of the molecule is CC(=O)Cc1ncc(C#Cc2cc(C(=O)Nc3cc(-n4cnc(C)c4)cc(C(F)(F)F)c3)ccc2C)s1. The highest BCUT2D eigenvalue weighted by Gasteiger charge is 2.31. The minimum Gasteiger partial charge on any atom is -0.322 e. The molecule has 0 saturated carbocycles. The number of hydrogen-bond acceptors (Lipinski definition) is 5. The topological polar surface area (TPSA) is 76.9 Å². The third-order valence-electron chi connectivity index (χ3n) is 5.29. The average Bonchev–Trinajstić information content (AvgIpc) is 3.46. The third kappa shape index (κ3) is 6.51. The molecule has 6 nitrogen and oxygen atoms in total. The first-order chi connectivity index (χ1) is 17.5. The Morgan fingerprint density at radius 1 is 1.08 bits per heavy atom. The standard InChI is InChI=1S/C27H21F3N4O2S/c1-16-4-5-20(9-19(16)6-7-24-13-31-25(37-24)8-18(3)35)26(36)33-22-10-21(27(28,29)30)11-23(12-22)34-14-17(2)32-15-34/h4-5,9-15H,8H2,1-3H3,(H,33,36). The molecule has 0 radical (unpaired) electrons. The first-order valence-corrected chi connectivity index (χ1v) is 11.9. The lowest BCUT2D eigenvalue weighted by Gasteiger charge is -2.14. The van der Waals surface area contributed by atoms with Crippen molar-refractivity contribution in [2.75, 3.05) is 5.32 Å². The summed E-state index contributed by atoms with van der Waals surface area (Å²) in [6.07, 6.45) is 0.248. The zero-order valence-corrected chi connectivity index (χ0v) is 20.9. The smallest absolute Gasteiger partial charge is 0.322 e. The fraction of sp³-hybridized carbons (Fsp3) is 0.185. The minimum atomic E-state index is -4.60. The normalized spacial score (nSPS) is 11.1. The number of amides is 1. The van der Waals surface area contributed by atoms with E-state index in [0.717, 1.165) is 17.7 Å². The highest BCUT2D eigenvalue weighted by molar-refractivity contribution is 7.12. The molecule has 4 aromatic rings. The minimum absolute atomic E-state index is 0.00273. The van der Waals surface area contributed by atoms with Crippen LogP contribution in [0.15, 0.2) is 55.1 Å². The Hall–Kier alpha value is -4.23. The van der Waals surface area contributed by atoms with Crippen molar-refractivity contribution in [2.24, 2.45) is 0 Å². The Bertz CT molecular complexity index is 1560. The van der Waals surface area contributed by atoms with E-state index < -0.39 is 17.6 Å². The molecule has 0 atom stereocenters. The fourth-order valence-corrected chi connectivity index (χ4v) is 4.29. The maximum atomic E-state index is 13.5. The van der Waals surface area contributed by atoms with E-state index in [9.17, 15) is 22.8 Å². The number of ketones is 1. The molecule has 1 N–H and O–H groups in total. The highest BCUT2D eigenvalue weighted by atomic mass is 32.1. The van der Waals surface area contributed by atoms with Gasteiger partial charge in [0.15, 0.2) is 0 Å². The summed E-state index contributed by atoms with van der Waals surface area (Å²) < 4.78 is 42.1. The van der Waals surface area contributed by atoms with Gasteiger partial charge in [-0.2, -0.15) is 13.2 Å². The molecule has 0 aliphatic carbocycles. The number of alkyl halides is 3. The van der Waals surface area contributed by atoms with Crippen LogP contribution in [-0.2, 0) is 17.4 Å². The van der Waals surface area contributed by atoms with Gasteiger partial charge in [0.2, 0.25) is 0 Å². The van der Waals surface area contributed by atoms with Crippen LogP contribution in [0.4, 0.5) is 18.9 Å². The number of Topliss-reactive ketones (excluding diaryl/α,β-unsaturated/α-hetero) is 1. The molecule has 1 amide bonds. The summed E-state index contributed by atoms with van der Waals surface area (Å²) in [7, 11) is 0. The number of nitrogens with one attached hydrogen (secondary N) is 1. The molecule has 188 valence electrons. The summed E-state index contributed by atoms with van der Waals surface area (Å²) in [6, 6.07) is 8.23. The number of anilines is 1. The summed E-state index contributed by atoms with van der Waals surface area (Å²) in [5, 5.41) is 3.24. The number of imidazole rings is 1. The van der Waals surface area contributed by atoms with Crippen LogP contribution in [0, 0.1) is 25.7 Å². The lowest BCUT2D eigenvalue weighted by Crippen LogP contribution is -2.14. The summed E-state index contributed by atoms with van der Waals surface area (Å²) in [6.45, 7) is 5.06. The van der Waals surface area contributed by atoms with Gasteiger partial charge < -0.3 is 9.88 Å². The van der Waals surface area contributed by atoms with Gasteiger partial charge in [0.05, 0.1) is 35.1 Å². The second-order valence-electron chi connectivity index (χ2n) is 8.42. The maximum absolute atomic E-state index is 13.5. The van der Waals surface area contributed by atoms with E-state index in [-0.39, 0.29) is 29.1 Å². The zero-order valence-electron chi connectivity index (χ0n) is 20.1. The molecule has 0 aliphatic rings. The van der Waals surface area contributed by atoms with Crippen molar-refractivity contribution in [1.29, 1.82) is 0 Å². The third-order valence-corrected chi connectivity index (χ3v) is 6.20. The predicted molar refractivity (Wildman–Crippen MR) is 135 cm³/mol. The van der Waals surface area contributed by atoms with Gasteiger partial charge in [-0.1, -0.05) is 12.0 Å². The van der Waals surface area contributed by atoms with Gasteiger partial charge in [0.25, 0.3) is 5.91 Å². The summed E-state index contributed by atoms with van der Waals surface area (Å²) in [5.74, 6) is 5.44. The molecule has 0 unspecified atom stereocenters. The molecule has 0 bridgehead atoms. The van der Waals surface area contributed by atoms with Gasteiger partial charge in [-0.3, -0.25) is 9.59 Å². The zero-order chi connectivity index (χ0) is 26.7. The van der Waals surface area contributed by atoms with Gasteiger partial charge >= 0.3 is 6.18 Å².